The summed E-state index contributed by atoms with van der Waals surface area (Å²) in [4.78, 5) is 20.8. The first kappa shape index (κ1) is 16.8. The molecule has 9 nitrogen and oxygen atoms in total. The van der Waals surface area contributed by atoms with Crippen LogP contribution in [0.4, 0.5) is 11.4 Å². The first-order valence-corrected chi connectivity index (χ1v) is 6.15. The van der Waals surface area contributed by atoms with Crippen molar-refractivity contribution in [1.82, 2.24) is 0 Å². The number of aliphatic hydroxyl groups is 1. The maximum absolute atomic E-state index is 11.2. The summed E-state index contributed by atoms with van der Waals surface area (Å²) in [6.07, 6.45) is -1.21. The van der Waals surface area contributed by atoms with E-state index in [0.717, 1.165) is 0 Å². The molecule has 116 valence electrons. The molecule has 9 heteroatoms. The van der Waals surface area contributed by atoms with Crippen molar-refractivity contribution in [2.75, 3.05) is 13.2 Å². The largest absolute Gasteiger partial charge is 0.450 e. The van der Waals surface area contributed by atoms with Crippen LogP contribution in [0.3, 0.4) is 0 Å². The predicted molar refractivity (Wildman–Crippen MR) is 72.4 cm³/mol. The smallest absolute Gasteiger partial charge is 0.321 e. The van der Waals surface area contributed by atoms with Crippen molar-refractivity contribution in [3.05, 3.63) is 37.4 Å². The predicted octanol–water partition coefficient (Wildman–Crippen LogP) is 1.85. The van der Waals surface area contributed by atoms with E-state index in [0.29, 0.717) is 5.56 Å². The molecule has 1 N–H and O–H groups in total. The summed E-state index contributed by atoms with van der Waals surface area (Å²) in [5.41, 5.74) is -0.380. The van der Waals surface area contributed by atoms with E-state index in [1.165, 1.54) is 19.9 Å². The molecule has 1 rings (SSSR count). The highest BCUT2D eigenvalue weighted by atomic mass is 16.7. The summed E-state index contributed by atoms with van der Waals surface area (Å²) in [5.74, 6) is -0.513. The molecule has 1 unspecified atom stereocenters. The second-order valence-electron chi connectivity index (χ2n) is 4.21. The lowest BCUT2D eigenvalue weighted by Gasteiger charge is -2.17. The number of ether oxygens (including phenoxy) is 2. The number of nitro groups is 2. The molecule has 21 heavy (non-hydrogen) atoms. The Morgan fingerprint density at radius 2 is 1.90 bits per heavy atom. The van der Waals surface area contributed by atoms with Crippen LogP contribution in [0.15, 0.2) is 6.07 Å². The summed E-state index contributed by atoms with van der Waals surface area (Å²) in [6.45, 7) is 4.23. The lowest BCUT2D eigenvalue weighted by atomic mass is 10.1. The van der Waals surface area contributed by atoms with E-state index in [-0.39, 0.29) is 12.2 Å². The van der Waals surface area contributed by atoms with E-state index < -0.39 is 39.9 Å². The van der Waals surface area contributed by atoms with Gasteiger partial charge >= 0.3 is 11.4 Å². The molecular formula is C12H16N2O7. The number of rotatable bonds is 7. The van der Waals surface area contributed by atoms with Gasteiger partial charge in [-0.05, 0) is 26.3 Å². The van der Waals surface area contributed by atoms with E-state index in [9.17, 15) is 20.2 Å². The molecule has 0 aliphatic heterocycles. The van der Waals surface area contributed by atoms with E-state index in [4.69, 9.17) is 14.6 Å². The fraction of sp³-hybridized carbons (Fsp3) is 0.500. The molecule has 0 fully saturated rings. The van der Waals surface area contributed by atoms with Crippen molar-refractivity contribution < 1.29 is 24.4 Å². The molecule has 0 saturated carbocycles. The van der Waals surface area contributed by atoms with E-state index >= 15 is 0 Å². The van der Waals surface area contributed by atoms with Crippen molar-refractivity contribution in [2.45, 2.75) is 27.1 Å². The maximum atomic E-state index is 11.2. The van der Waals surface area contributed by atoms with Gasteiger partial charge in [-0.3, -0.25) is 20.2 Å². The van der Waals surface area contributed by atoms with E-state index in [2.05, 4.69) is 0 Å². The van der Waals surface area contributed by atoms with Gasteiger partial charge in [0.05, 0.1) is 9.85 Å². The Morgan fingerprint density at radius 1 is 1.29 bits per heavy atom. The van der Waals surface area contributed by atoms with Crippen LogP contribution in [-0.2, 0) is 4.74 Å². The number of aryl methyl sites for hydroxylation is 1. The van der Waals surface area contributed by atoms with E-state index in [1.807, 2.05) is 0 Å². The minimum Gasteiger partial charge on any atom is -0.450 e. The Bertz CT molecular complexity index is 559. The van der Waals surface area contributed by atoms with Crippen LogP contribution < -0.4 is 4.74 Å². The van der Waals surface area contributed by atoms with Crippen molar-refractivity contribution in [3.63, 3.8) is 0 Å². The molecule has 0 bridgehead atoms. The normalized spacial score (nSPS) is 12.0. The van der Waals surface area contributed by atoms with Gasteiger partial charge in [0.15, 0.2) is 0 Å². The van der Waals surface area contributed by atoms with Gasteiger partial charge in [-0.15, -0.1) is 0 Å². The first-order chi connectivity index (χ1) is 9.83. The molecule has 0 radical (unpaired) electrons. The topological polar surface area (TPSA) is 125 Å². The third-order valence-corrected chi connectivity index (χ3v) is 2.88. The lowest BCUT2D eigenvalue weighted by Crippen LogP contribution is -2.25. The Morgan fingerprint density at radius 3 is 2.33 bits per heavy atom. The van der Waals surface area contributed by atoms with Gasteiger partial charge < -0.3 is 14.6 Å². The van der Waals surface area contributed by atoms with Gasteiger partial charge in [-0.2, -0.15) is 0 Å². The summed E-state index contributed by atoms with van der Waals surface area (Å²) in [5, 5.41) is 31.4. The van der Waals surface area contributed by atoms with Crippen molar-refractivity contribution in [3.8, 4) is 5.75 Å². The van der Waals surface area contributed by atoms with Crippen LogP contribution in [0.25, 0.3) is 0 Å². The second-order valence-corrected chi connectivity index (χ2v) is 4.21. The average Bonchev–Trinajstić information content (AvgIpc) is 2.41. The summed E-state index contributed by atoms with van der Waals surface area (Å²) >= 11 is 0. The van der Waals surface area contributed by atoms with Crippen LogP contribution in [0, 0.1) is 34.1 Å². The van der Waals surface area contributed by atoms with Gasteiger partial charge in [0.1, 0.15) is 6.61 Å². The van der Waals surface area contributed by atoms with Gasteiger partial charge in [0, 0.05) is 18.2 Å². The SMILES string of the molecule is CCOC(CO)Oc1c([N+](=O)[O-])cc(C)c(C)c1[N+](=O)[O-]. The molecule has 1 aromatic rings. The molecule has 0 spiro atoms. The maximum Gasteiger partial charge on any atom is 0.321 e. The van der Waals surface area contributed by atoms with Crippen LogP contribution in [0.5, 0.6) is 5.75 Å². The average molecular weight is 300 g/mol. The zero-order chi connectivity index (χ0) is 16.2. The van der Waals surface area contributed by atoms with Crippen LogP contribution in [0.2, 0.25) is 0 Å². The summed E-state index contributed by atoms with van der Waals surface area (Å²) < 4.78 is 10.2. The monoisotopic (exact) mass is 300 g/mol. The molecule has 0 aromatic heterocycles. The highest BCUT2D eigenvalue weighted by Gasteiger charge is 2.32. The molecule has 0 saturated heterocycles. The standard InChI is InChI=1S/C12H16N2O7/c1-4-20-10(6-15)21-12-9(13(16)17)5-7(2)8(3)11(12)14(18)19/h5,10,15H,4,6H2,1-3H3. The highest BCUT2D eigenvalue weighted by molar-refractivity contribution is 5.66. The van der Waals surface area contributed by atoms with Crippen LogP contribution in [0.1, 0.15) is 18.1 Å². The third kappa shape index (κ3) is 3.64. The minimum atomic E-state index is -1.21. The zero-order valence-electron chi connectivity index (χ0n) is 11.9. The van der Waals surface area contributed by atoms with Gasteiger partial charge in [-0.25, -0.2) is 0 Å². The van der Waals surface area contributed by atoms with E-state index in [1.54, 1.807) is 6.92 Å². The fourth-order valence-corrected chi connectivity index (χ4v) is 1.77. The molecular weight excluding hydrogens is 284 g/mol. The summed E-state index contributed by atoms with van der Waals surface area (Å²) in [6, 6.07) is 1.19. The first-order valence-electron chi connectivity index (χ1n) is 6.15. The molecule has 0 aliphatic carbocycles. The van der Waals surface area contributed by atoms with Crippen molar-refractivity contribution in [1.29, 1.82) is 0 Å². The van der Waals surface area contributed by atoms with Gasteiger partial charge in [0.25, 0.3) is 5.75 Å². The number of nitro benzene ring substituents is 2. The lowest BCUT2D eigenvalue weighted by molar-refractivity contribution is -0.397. The third-order valence-electron chi connectivity index (χ3n) is 2.88. The number of hydrogen-bond donors (Lipinski definition) is 1. The Balaban J connectivity index is 3.47. The second kappa shape index (κ2) is 6.95. The Hall–Kier alpha value is -2.26. The zero-order valence-corrected chi connectivity index (χ0v) is 11.9. The van der Waals surface area contributed by atoms with Crippen molar-refractivity contribution in [2.24, 2.45) is 0 Å². The Labute approximate surface area is 120 Å². The van der Waals surface area contributed by atoms with Crippen molar-refractivity contribution >= 4 is 11.4 Å². The Kier molecular flexibility index (Phi) is 5.56. The quantitative estimate of drug-likeness (QED) is 0.462. The molecule has 0 aliphatic rings. The van der Waals surface area contributed by atoms with Gasteiger partial charge in [-0.1, -0.05) is 0 Å². The van der Waals surface area contributed by atoms with Gasteiger partial charge in [0.2, 0.25) is 6.29 Å². The molecule has 1 aromatic carbocycles. The van der Waals surface area contributed by atoms with Crippen LogP contribution >= 0.6 is 0 Å². The number of benzene rings is 1. The van der Waals surface area contributed by atoms with Crippen LogP contribution in [-0.4, -0.2) is 34.5 Å². The number of hydrogen-bond acceptors (Lipinski definition) is 7. The molecule has 1 atom stereocenters. The molecule has 0 heterocycles. The highest BCUT2D eigenvalue weighted by Crippen LogP contribution is 2.41. The molecule has 0 amide bonds. The number of aliphatic hydroxyl groups excluding tert-OH is 1. The fourth-order valence-electron chi connectivity index (χ4n) is 1.77. The summed E-state index contributed by atoms with van der Waals surface area (Å²) in [7, 11) is 0. The number of nitrogens with zero attached hydrogens (tertiary/aromatic N) is 2. The minimum absolute atomic E-state index is 0.178.